The third-order valence-corrected chi connectivity index (χ3v) is 13.5. The zero-order valence-corrected chi connectivity index (χ0v) is 25.1. The van der Waals surface area contributed by atoms with Crippen LogP contribution < -0.4 is 26.5 Å². The number of para-hydroxylation sites is 1. The molecule has 0 saturated heterocycles. The molecule has 8 aromatic rings. The zero-order valence-electron chi connectivity index (χ0n) is 23.3. The largest absolute Gasteiger partial charge is 0.416 e. The monoisotopic (exact) mass is 589 g/mol. The van der Waals surface area contributed by atoms with Crippen LogP contribution in [0.15, 0.2) is 152 Å². The van der Waals surface area contributed by atoms with E-state index in [-0.39, 0.29) is 0 Å². The van der Waals surface area contributed by atoms with Gasteiger partial charge in [-0.3, -0.25) is 4.40 Å². The molecule has 2 heterocycles. The van der Waals surface area contributed by atoms with Crippen molar-refractivity contribution in [3.63, 3.8) is 0 Å². The van der Waals surface area contributed by atoms with E-state index in [0.29, 0.717) is 0 Å². The second kappa shape index (κ2) is 10.2. The van der Waals surface area contributed by atoms with E-state index in [1.165, 1.54) is 15.9 Å². The standard InChI is InChI=1S/C38H27N2OP2/c1-43(28-17-7-3-8-18-28,29-19-9-4-10-20-29)35-26-13-23-32-37(35)40-33-24-14-25-34(42(41)27-15-5-2-6-16-27)36(33)30-21-11-12-22-31(30)38(40)39-32/h2-26H,1H2/q+1. The van der Waals surface area contributed by atoms with E-state index in [9.17, 15) is 4.57 Å². The van der Waals surface area contributed by atoms with Gasteiger partial charge >= 0.3 is 7.80 Å². The van der Waals surface area contributed by atoms with Gasteiger partial charge in [-0.25, -0.2) is 4.98 Å². The van der Waals surface area contributed by atoms with Crippen molar-refractivity contribution >= 4 is 85.9 Å². The summed E-state index contributed by atoms with van der Waals surface area (Å²) in [7, 11) is -1.82. The molecule has 6 aromatic carbocycles. The Morgan fingerprint density at radius 3 is 1.86 bits per heavy atom. The molecule has 43 heavy (non-hydrogen) atoms. The van der Waals surface area contributed by atoms with Gasteiger partial charge in [0, 0.05) is 10.7 Å². The Hall–Kier alpha value is -4.81. The van der Waals surface area contributed by atoms with Crippen LogP contribution in [0, 0.1) is 0 Å². The number of benzene rings is 6. The van der Waals surface area contributed by atoms with Gasteiger partial charge in [-0.1, -0.05) is 132 Å². The summed E-state index contributed by atoms with van der Waals surface area (Å²) in [5.74, 6) is 0. The Morgan fingerprint density at radius 2 is 1.19 bits per heavy atom. The second-order valence-electron chi connectivity index (χ2n) is 10.7. The van der Waals surface area contributed by atoms with Crippen molar-refractivity contribution in [1.29, 1.82) is 0 Å². The predicted octanol–water partition coefficient (Wildman–Crippen LogP) is 7.30. The molecule has 0 spiro atoms. The first-order valence-electron chi connectivity index (χ1n) is 14.3. The van der Waals surface area contributed by atoms with Crippen LogP contribution in [-0.2, 0) is 4.57 Å². The van der Waals surface area contributed by atoms with Crippen molar-refractivity contribution in [1.82, 2.24) is 9.38 Å². The lowest BCUT2D eigenvalue weighted by atomic mass is 10.1. The Kier molecular flexibility index (Phi) is 6.12. The third kappa shape index (κ3) is 3.93. The van der Waals surface area contributed by atoms with Crippen molar-refractivity contribution in [2.75, 3.05) is 0 Å². The number of pyridine rings is 1. The highest BCUT2D eigenvalue weighted by atomic mass is 31.2. The van der Waals surface area contributed by atoms with Gasteiger partial charge in [-0.2, -0.15) is 0 Å². The predicted molar refractivity (Wildman–Crippen MR) is 187 cm³/mol. The van der Waals surface area contributed by atoms with Gasteiger partial charge in [-0.15, -0.1) is 0 Å². The molecule has 0 amide bonds. The van der Waals surface area contributed by atoms with Crippen LogP contribution in [-0.4, -0.2) is 15.7 Å². The summed E-state index contributed by atoms with van der Waals surface area (Å²) >= 11 is 0. The van der Waals surface area contributed by atoms with Crippen LogP contribution in [0.5, 0.6) is 0 Å². The minimum Gasteiger partial charge on any atom is -0.291 e. The van der Waals surface area contributed by atoms with Gasteiger partial charge in [0.05, 0.1) is 21.9 Å². The molecule has 0 bridgehead atoms. The van der Waals surface area contributed by atoms with Crippen molar-refractivity contribution in [3.05, 3.63) is 152 Å². The maximum Gasteiger partial charge on any atom is 0.416 e. The second-order valence-corrected chi connectivity index (χ2v) is 15.5. The number of rotatable bonds is 5. The van der Waals surface area contributed by atoms with E-state index >= 15 is 0 Å². The average Bonchev–Trinajstić information content (AvgIpc) is 3.49. The number of nitrogens with zero attached hydrogens (tertiary/aromatic N) is 2. The van der Waals surface area contributed by atoms with E-state index < -0.39 is 14.7 Å². The minimum absolute atomic E-state index is 0.821. The summed E-state index contributed by atoms with van der Waals surface area (Å²) in [4.78, 5) is 5.27. The maximum atomic E-state index is 14.2. The molecule has 1 atom stereocenters. The number of aromatic nitrogens is 2. The summed E-state index contributed by atoms with van der Waals surface area (Å²) in [5.41, 5.74) is 3.86. The van der Waals surface area contributed by atoms with Crippen LogP contribution in [0.3, 0.4) is 0 Å². The Balaban J connectivity index is 1.56. The molecule has 2 aromatic heterocycles. The van der Waals surface area contributed by atoms with Crippen LogP contribution in [0.25, 0.3) is 38.4 Å². The maximum absolute atomic E-state index is 14.2. The van der Waals surface area contributed by atoms with Crippen LogP contribution in [0.2, 0.25) is 0 Å². The van der Waals surface area contributed by atoms with Crippen molar-refractivity contribution in [3.8, 4) is 0 Å². The molecule has 1 unspecified atom stereocenters. The van der Waals surface area contributed by atoms with E-state index in [4.69, 9.17) is 11.3 Å². The molecule has 204 valence electrons. The quantitative estimate of drug-likeness (QED) is 0.156. The molecule has 5 heteroatoms. The highest BCUT2D eigenvalue weighted by molar-refractivity contribution is 7.93. The van der Waals surface area contributed by atoms with Crippen molar-refractivity contribution < 1.29 is 4.57 Å². The fourth-order valence-corrected chi connectivity index (χ4v) is 10.9. The van der Waals surface area contributed by atoms with Gasteiger partial charge in [0.2, 0.25) is 5.30 Å². The first-order chi connectivity index (χ1) is 21.2. The Morgan fingerprint density at radius 1 is 0.605 bits per heavy atom. The lowest BCUT2D eigenvalue weighted by molar-refractivity contribution is 0.598. The van der Waals surface area contributed by atoms with Gasteiger partial charge in [0.1, 0.15) is 5.65 Å². The molecule has 0 saturated carbocycles. The molecule has 0 radical (unpaired) electrons. The van der Waals surface area contributed by atoms with Crippen LogP contribution in [0.4, 0.5) is 0 Å². The SMILES string of the molecule is C=P(c1ccccc1)(c1ccccc1)c1cccc2nc3c4ccccc4c4c([P+](=O)c5ccccc5)cccc4n3c12. The fourth-order valence-electron chi connectivity index (χ4n) is 6.38. The van der Waals surface area contributed by atoms with Crippen molar-refractivity contribution in [2.45, 2.75) is 0 Å². The number of imidazole rings is 1. The minimum atomic E-state index is -2.33. The van der Waals surface area contributed by atoms with E-state index in [2.05, 4.69) is 114 Å². The van der Waals surface area contributed by atoms with Crippen molar-refractivity contribution in [2.24, 2.45) is 0 Å². The first-order valence-corrected chi connectivity index (χ1v) is 17.5. The molecular weight excluding hydrogens is 562 g/mol. The number of fused-ring (bicyclic) bond motifs is 8. The average molecular weight is 590 g/mol. The van der Waals surface area contributed by atoms with Crippen LogP contribution >= 0.6 is 14.7 Å². The lowest BCUT2D eigenvalue weighted by Crippen LogP contribution is -2.26. The summed E-state index contributed by atoms with van der Waals surface area (Å²) < 4.78 is 16.5. The number of hydrogen-bond acceptors (Lipinski definition) is 2. The summed E-state index contributed by atoms with van der Waals surface area (Å²) in [5, 5.41) is 8.33. The van der Waals surface area contributed by atoms with Gasteiger partial charge in [0.15, 0.2) is 5.30 Å². The fraction of sp³-hybridized carbons (Fsp3) is 0. The highest BCUT2D eigenvalue weighted by Crippen LogP contribution is 2.45. The molecule has 0 fully saturated rings. The summed E-state index contributed by atoms with van der Waals surface area (Å²) in [6.07, 6.45) is 5.07. The Labute approximate surface area is 250 Å². The molecule has 0 N–H and O–H groups in total. The van der Waals surface area contributed by atoms with Gasteiger partial charge in [-0.05, 0) is 53.2 Å². The first kappa shape index (κ1) is 25.9. The molecule has 3 nitrogen and oxygen atoms in total. The molecule has 8 rings (SSSR count). The van der Waals surface area contributed by atoms with E-state index in [1.807, 2.05) is 42.5 Å². The number of hydrogen-bond donors (Lipinski definition) is 0. The van der Waals surface area contributed by atoms with E-state index in [1.54, 1.807) is 0 Å². The molecule has 0 aliphatic rings. The normalized spacial score (nSPS) is 12.3. The smallest absolute Gasteiger partial charge is 0.291 e. The van der Waals surface area contributed by atoms with Gasteiger partial charge in [0.25, 0.3) is 0 Å². The summed E-state index contributed by atoms with van der Waals surface area (Å²) in [6.45, 7) is -2.33. The van der Waals surface area contributed by atoms with Gasteiger partial charge < -0.3 is 0 Å². The molecular formula is C38H27N2OP2+. The lowest BCUT2D eigenvalue weighted by Gasteiger charge is -2.27. The van der Waals surface area contributed by atoms with Crippen LogP contribution in [0.1, 0.15) is 0 Å². The molecule has 0 aliphatic carbocycles. The highest BCUT2D eigenvalue weighted by Gasteiger charge is 2.30. The topological polar surface area (TPSA) is 34.4 Å². The Bertz CT molecular complexity index is 2340. The van der Waals surface area contributed by atoms with E-state index in [0.717, 1.165) is 49.0 Å². The molecule has 0 aliphatic heterocycles. The summed E-state index contributed by atoms with van der Waals surface area (Å²) in [6, 6.07) is 52.0. The third-order valence-electron chi connectivity index (χ3n) is 8.37. The zero-order chi connectivity index (χ0) is 29.0.